The Morgan fingerprint density at radius 1 is 1.00 bits per heavy atom. The first-order valence-corrected chi connectivity index (χ1v) is 13.0. The molecule has 2 heterocycles. The number of hydrogen-bond acceptors (Lipinski definition) is 3. The number of para-hydroxylation sites is 3. The first-order valence-electron chi connectivity index (χ1n) is 12.6. The molecule has 0 bridgehead atoms. The smallest absolute Gasteiger partial charge is 0.223 e. The number of aryl methyl sites for hydroxylation is 1. The van der Waals surface area contributed by atoms with E-state index < -0.39 is 0 Å². The Balaban J connectivity index is 1.37. The number of nitrogens with zero attached hydrogens (tertiary/aromatic N) is 2. The van der Waals surface area contributed by atoms with Crippen molar-refractivity contribution >= 4 is 34.1 Å². The normalized spacial score (nSPS) is 14.8. The van der Waals surface area contributed by atoms with E-state index in [4.69, 9.17) is 16.3 Å². The monoisotopic (exact) mass is 501 g/mol. The molecular formula is C30H32ClN3O2. The van der Waals surface area contributed by atoms with Crippen LogP contribution in [0.1, 0.15) is 36.0 Å². The van der Waals surface area contributed by atoms with Crippen LogP contribution in [0.3, 0.4) is 0 Å². The topological polar surface area (TPSA) is 48.6 Å². The maximum Gasteiger partial charge on any atom is 0.223 e. The summed E-state index contributed by atoms with van der Waals surface area (Å²) in [6.07, 6.45) is 3.45. The van der Waals surface area contributed by atoms with E-state index in [-0.39, 0.29) is 11.8 Å². The van der Waals surface area contributed by atoms with Crippen LogP contribution in [0.2, 0.25) is 5.02 Å². The zero-order valence-electron chi connectivity index (χ0n) is 20.8. The molecule has 1 saturated heterocycles. The molecule has 1 aliphatic heterocycles. The van der Waals surface area contributed by atoms with Gasteiger partial charge in [-0.05, 0) is 47.4 Å². The number of amides is 1. The summed E-state index contributed by atoms with van der Waals surface area (Å²) < 4.78 is 5.54. The molecule has 0 aliphatic carbocycles. The van der Waals surface area contributed by atoms with Crippen LogP contribution in [-0.2, 0) is 11.2 Å². The second-order valence-electron chi connectivity index (χ2n) is 9.29. The largest absolute Gasteiger partial charge is 0.495 e. The van der Waals surface area contributed by atoms with Crippen LogP contribution in [0.25, 0.3) is 10.9 Å². The number of benzene rings is 3. The Labute approximate surface area is 217 Å². The van der Waals surface area contributed by atoms with Gasteiger partial charge in [0.25, 0.3) is 0 Å². The summed E-state index contributed by atoms with van der Waals surface area (Å²) in [6.45, 7) is 5.12. The van der Waals surface area contributed by atoms with Crippen molar-refractivity contribution in [1.29, 1.82) is 0 Å². The highest BCUT2D eigenvalue weighted by atomic mass is 35.5. The van der Waals surface area contributed by atoms with Gasteiger partial charge in [-0.3, -0.25) is 4.79 Å². The second kappa shape index (κ2) is 10.7. The van der Waals surface area contributed by atoms with Gasteiger partial charge in [0.05, 0.1) is 12.8 Å². The minimum atomic E-state index is -0.0529. The summed E-state index contributed by atoms with van der Waals surface area (Å²) >= 11 is 6.19. The number of nitrogens with one attached hydrogen (secondary N) is 1. The van der Waals surface area contributed by atoms with Crippen LogP contribution < -0.4 is 9.64 Å². The van der Waals surface area contributed by atoms with Gasteiger partial charge >= 0.3 is 0 Å². The molecule has 0 spiro atoms. The number of anilines is 1. The number of ether oxygens (including phenoxy) is 1. The van der Waals surface area contributed by atoms with Gasteiger partial charge < -0.3 is 19.5 Å². The Morgan fingerprint density at radius 3 is 2.47 bits per heavy atom. The van der Waals surface area contributed by atoms with Gasteiger partial charge in [-0.1, -0.05) is 61.0 Å². The molecule has 186 valence electrons. The highest BCUT2D eigenvalue weighted by Gasteiger charge is 2.27. The van der Waals surface area contributed by atoms with Crippen molar-refractivity contribution in [3.05, 3.63) is 94.6 Å². The van der Waals surface area contributed by atoms with Crippen LogP contribution in [0.5, 0.6) is 5.75 Å². The van der Waals surface area contributed by atoms with Crippen molar-refractivity contribution in [2.75, 3.05) is 38.2 Å². The van der Waals surface area contributed by atoms with Gasteiger partial charge in [-0.15, -0.1) is 0 Å². The molecule has 4 aromatic rings. The summed E-state index contributed by atoms with van der Waals surface area (Å²) in [7, 11) is 1.70. The van der Waals surface area contributed by atoms with Gasteiger partial charge in [0, 0.05) is 60.6 Å². The summed E-state index contributed by atoms with van der Waals surface area (Å²) in [5.41, 5.74) is 5.78. The van der Waals surface area contributed by atoms with E-state index >= 15 is 0 Å². The molecule has 1 unspecified atom stereocenters. The van der Waals surface area contributed by atoms with Gasteiger partial charge in [-0.25, -0.2) is 0 Å². The van der Waals surface area contributed by atoms with E-state index in [9.17, 15) is 4.79 Å². The van der Waals surface area contributed by atoms with Gasteiger partial charge in [0.1, 0.15) is 5.75 Å². The lowest BCUT2D eigenvalue weighted by molar-refractivity contribution is -0.131. The van der Waals surface area contributed by atoms with Gasteiger partial charge in [0.2, 0.25) is 5.91 Å². The molecule has 0 radical (unpaired) electrons. The third kappa shape index (κ3) is 4.80. The SMILES string of the molecule is CCc1cccc2c(C(CC(=O)N3CCN(c4ccccc4OC)CC3)c3ccc(Cl)cc3)c[nH]c12. The van der Waals surface area contributed by atoms with Crippen molar-refractivity contribution in [2.45, 2.75) is 25.7 Å². The lowest BCUT2D eigenvalue weighted by Crippen LogP contribution is -2.49. The fourth-order valence-corrected chi connectivity index (χ4v) is 5.44. The van der Waals surface area contributed by atoms with E-state index in [1.165, 1.54) is 10.9 Å². The number of hydrogen-bond donors (Lipinski definition) is 1. The van der Waals surface area contributed by atoms with Crippen LogP contribution in [-0.4, -0.2) is 49.1 Å². The van der Waals surface area contributed by atoms with E-state index in [1.54, 1.807) is 7.11 Å². The number of piperazine rings is 1. The number of methoxy groups -OCH3 is 1. The van der Waals surface area contributed by atoms with Crippen LogP contribution in [0.4, 0.5) is 5.69 Å². The maximum atomic E-state index is 13.6. The zero-order valence-corrected chi connectivity index (χ0v) is 21.6. The molecule has 1 atom stereocenters. The lowest BCUT2D eigenvalue weighted by Gasteiger charge is -2.37. The maximum absolute atomic E-state index is 13.6. The number of carbonyl (C=O) groups is 1. The second-order valence-corrected chi connectivity index (χ2v) is 9.72. The summed E-state index contributed by atoms with van der Waals surface area (Å²) in [6, 6.07) is 22.4. The molecule has 3 aromatic carbocycles. The van der Waals surface area contributed by atoms with E-state index in [2.05, 4.69) is 47.3 Å². The van der Waals surface area contributed by atoms with Gasteiger partial charge in [0.15, 0.2) is 0 Å². The minimum Gasteiger partial charge on any atom is -0.495 e. The average molecular weight is 502 g/mol. The first-order chi connectivity index (χ1) is 17.6. The summed E-state index contributed by atoms with van der Waals surface area (Å²) in [5.74, 6) is 0.990. The molecule has 0 saturated carbocycles. The summed E-state index contributed by atoms with van der Waals surface area (Å²) in [5, 5.41) is 1.88. The third-order valence-electron chi connectivity index (χ3n) is 7.30. The van der Waals surface area contributed by atoms with Crippen molar-refractivity contribution in [2.24, 2.45) is 0 Å². The Bertz CT molecular complexity index is 1340. The molecular weight excluding hydrogens is 470 g/mol. The predicted molar refractivity (Wildman–Crippen MR) is 147 cm³/mol. The van der Waals surface area contributed by atoms with Crippen molar-refractivity contribution < 1.29 is 9.53 Å². The quantitative estimate of drug-likeness (QED) is 0.325. The Hall–Kier alpha value is -3.44. The van der Waals surface area contributed by atoms with E-state index in [0.29, 0.717) is 24.5 Å². The number of rotatable bonds is 7. The molecule has 1 aromatic heterocycles. The van der Waals surface area contributed by atoms with Crippen molar-refractivity contribution in [3.63, 3.8) is 0 Å². The Kier molecular flexibility index (Phi) is 7.19. The fraction of sp³-hybridized carbons (Fsp3) is 0.300. The predicted octanol–water partition coefficient (Wildman–Crippen LogP) is 6.26. The van der Waals surface area contributed by atoms with E-state index in [1.807, 2.05) is 47.4 Å². The molecule has 5 rings (SSSR count). The Morgan fingerprint density at radius 2 is 1.75 bits per heavy atom. The lowest BCUT2D eigenvalue weighted by atomic mass is 9.87. The molecule has 1 fully saturated rings. The number of aromatic nitrogens is 1. The number of halogens is 1. The molecule has 6 heteroatoms. The highest BCUT2D eigenvalue weighted by molar-refractivity contribution is 6.30. The van der Waals surface area contributed by atoms with E-state index in [0.717, 1.165) is 47.6 Å². The molecule has 1 aliphatic rings. The minimum absolute atomic E-state index is 0.0529. The van der Waals surface area contributed by atoms with Crippen molar-refractivity contribution in [3.8, 4) is 5.75 Å². The van der Waals surface area contributed by atoms with Gasteiger partial charge in [-0.2, -0.15) is 0 Å². The average Bonchev–Trinajstić information content (AvgIpc) is 3.36. The molecule has 1 amide bonds. The van der Waals surface area contributed by atoms with Crippen LogP contribution >= 0.6 is 11.6 Å². The number of carbonyl (C=O) groups excluding carboxylic acids is 1. The fourth-order valence-electron chi connectivity index (χ4n) is 5.32. The highest BCUT2D eigenvalue weighted by Crippen LogP contribution is 2.36. The zero-order chi connectivity index (χ0) is 25.1. The van der Waals surface area contributed by atoms with Crippen LogP contribution in [0.15, 0.2) is 72.9 Å². The number of H-pyrrole nitrogens is 1. The molecule has 36 heavy (non-hydrogen) atoms. The van der Waals surface area contributed by atoms with Crippen LogP contribution in [0, 0.1) is 0 Å². The standard InChI is InChI=1S/C30H32ClN3O2/c1-3-21-7-6-8-24-26(20-32-30(21)24)25(22-11-13-23(31)14-12-22)19-29(35)34-17-15-33(16-18-34)27-9-4-5-10-28(27)36-2/h4-14,20,25,32H,3,15-19H2,1-2H3. The third-order valence-corrected chi connectivity index (χ3v) is 7.55. The van der Waals surface area contributed by atoms with Crippen molar-refractivity contribution in [1.82, 2.24) is 9.88 Å². The molecule has 1 N–H and O–H groups in total. The summed E-state index contributed by atoms with van der Waals surface area (Å²) in [4.78, 5) is 21.4. The number of fused-ring (bicyclic) bond motifs is 1. The first kappa shape index (κ1) is 24.3. The number of aromatic amines is 1. The molecule has 5 nitrogen and oxygen atoms in total.